The van der Waals surface area contributed by atoms with Crippen LogP contribution >= 0.6 is 0 Å². The molecule has 1 rings (SSSR count). The van der Waals surface area contributed by atoms with Gasteiger partial charge in [-0.25, -0.2) is 0 Å². The zero-order chi connectivity index (χ0) is 14.8. The van der Waals surface area contributed by atoms with Gasteiger partial charge in [0.05, 0.1) is 14.2 Å². The number of benzene rings is 1. The Hall–Kier alpha value is -1.88. The Bertz CT molecular complexity index is 482. The van der Waals surface area contributed by atoms with Gasteiger partial charge in [0, 0.05) is 12.5 Å². The Morgan fingerprint density at radius 3 is 2.35 bits per heavy atom. The molecule has 0 bridgehead atoms. The molecule has 0 amide bonds. The normalized spacial score (nSPS) is 10.7. The van der Waals surface area contributed by atoms with Crippen molar-refractivity contribution in [2.24, 2.45) is 0 Å². The van der Waals surface area contributed by atoms with Crippen molar-refractivity contribution in [2.75, 3.05) is 14.2 Å². The molecule has 20 heavy (non-hydrogen) atoms. The topological polar surface area (TPSA) is 18.5 Å². The minimum absolute atomic E-state index is 0.846. The van der Waals surface area contributed by atoms with Crippen molar-refractivity contribution in [1.82, 2.24) is 0 Å². The molecule has 0 saturated carbocycles. The minimum Gasteiger partial charge on any atom is -0.497 e. The summed E-state index contributed by atoms with van der Waals surface area (Å²) in [6, 6.07) is 6.02. The van der Waals surface area contributed by atoms with E-state index in [2.05, 4.69) is 37.0 Å². The van der Waals surface area contributed by atoms with Gasteiger partial charge >= 0.3 is 0 Å². The summed E-state index contributed by atoms with van der Waals surface area (Å²) >= 11 is 0. The highest BCUT2D eigenvalue weighted by atomic mass is 16.5. The monoisotopic (exact) mass is 272 g/mol. The summed E-state index contributed by atoms with van der Waals surface area (Å²) in [4.78, 5) is 0. The summed E-state index contributed by atoms with van der Waals surface area (Å²) in [6.07, 6.45) is 6.32. The van der Waals surface area contributed by atoms with Crippen molar-refractivity contribution in [3.05, 3.63) is 35.4 Å². The van der Waals surface area contributed by atoms with E-state index in [0.29, 0.717) is 0 Å². The van der Waals surface area contributed by atoms with Gasteiger partial charge < -0.3 is 9.47 Å². The summed E-state index contributed by atoms with van der Waals surface area (Å²) in [6.45, 7) is 4.05. The number of hydrogen-bond donors (Lipinski definition) is 0. The van der Waals surface area contributed by atoms with Gasteiger partial charge in [0.25, 0.3) is 0 Å². The zero-order valence-corrected chi connectivity index (χ0v) is 13.0. The van der Waals surface area contributed by atoms with Crippen LogP contribution in [0.4, 0.5) is 0 Å². The van der Waals surface area contributed by atoms with Crippen LogP contribution in [0.15, 0.2) is 29.8 Å². The van der Waals surface area contributed by atoms with Gasteiger partial charge in [-0.3, -0.25) is 0 Å². The third-order valence-electron chi connectivity index (χ3n) is 3.16. The molecular formula is C18H24O2. The molecule has 0 aliphatic heterocycles. The van der Waals surface area contributed by atoms with Gasteiger partial charge in [0.2, 0.25) is 0 Å². The van der Waals surface area contributed by atoms with Crippen LogP contribution in [-0.4, -0.2) is 14.2 Å². The van der Waals surface area contributed by atoms with E-state index in [1.54, 1.807) is 14.2 Å². The van der Waals surface area contributed by atoms with E-state index in [-0.39, 0.29) is 0 Å². The largest absolute Gasteiger partial charge is 0.497 e. The standard InChI is InChI=1S/C18H24O2/c1-5-6-7-9-15(2)10-8-11-16-12-17(19-3)14-18(13-16)20-4/h10,12-14H,7-9,11H2,1-4H3/b15-10+. The number of aryl methyl sites for hydroxylation is 1. The summed E-state index contributed by atoms with van der Waals surface area (Å²) < 4.78 is 10.6. The fourth-order valence-electron chi connectivity index (χ4n) is 1.98. The average Bonchev–Trinajstić information content (AvgIpc) is 2.47. The molecular weight excluding hydrogens is 248 g/mol. The first-order chi connectivity index (χ1) is 9.69. The average molecular weight is 272 g/mol. The molecule has 0 atom stereocenters. The van der Waals surface area contributed by atoms with Crippen molar-refractivity contribution in [1.29, 1.82) is 0 Å². The molecule has 0 spiro atoms. The number of rotatable bonds is 7. The van der Waals surface area contributed by atoms with Crippen LogP contribution in [0.2, 0.25) is 0 Å². The number of allylic oxidation sites excluding steroid dienone is 2. The predicted octanol–water partition coefficient (Wildman–Crippen LogP) is 4.39. The molecule has 1 aromatic carbocycles. The highest BCUT2D eigenvalue weighted by molar-refractivity contribution is 5.38. The van der Waals surface area contributed by atoms with E-state index >= 15 is 0 Å². The van der Waals surface area contributed by atoms with E-state index in [9.17, 15) is 0 Å². The fourth-order valence-corrected chi connectivity index (χ4v) is 1.98. The van der Waals surface area contributed by atoms with Crippen LogP contribution in [0.5, 0.6) is 11.5 Å². The second-order valence-corrected chi connectivity index (χ2v) is 4.74. The highest BCUT2D eigenvalue weighted by Gasteiger charge is 2.01. The Kier molecular flexibility index (Phi) is 7.35. The molecule has 0 aliphatic rings. The van der Waals surface area contributed by atoms with Crippen LogP contribution in [0.1, 0.15) is 38.7 Å². The molecule has 0 aliphatic carbocycles. The second-order valence-electron chi connectivity index (χ2n) is 4.74. The van der Waals surface area contributed by atoms with Crippen molar-refractivity contribution < 1.29 is 9.47 Å². The Morgan fingerprint density at radius 1 is 1.15 bits per heavy atom. The van der Waals surface area contributed by atoms with Gasteiger partial charge in [-0.2, -0.15) is 0 Å². The maximum atomic E-state index is 5.28. The van der Waals surface area contributed by atoms with Gasteiger partial charge in [-0.05, 0) is 50.8 Å². The molecule has 0 saturated heterocycles. The summed E-state index contributed by atoms with van der Waals surface area (Å²) in [5, 5.41) is 0. The maximum absolute atomic E-state index is 5.28. The van der Waals surface area contributed by atoms with E-state index in [4.69, 9.17) is 9.47 Å². The number of ether oxygens (including phenoxy) is 2. The SMILES string of the molecule is CC#CCC/C(C)=C/CCc1cc(OC)cc(OC)c1. The Labute approximate surface area is 122 Å². The lowest BCUT2D eigenvalue weighted by Gasteiger charge is -2.07. The number of methoxy groups -OCH3 is 2. The fraction of sp³-hybridized carbons (Fsp3) is 0.444. The van der Waals surface area contributed by atoms with E-state index < -0.39 is 0 Å². The molecule has 0 radical (unpaired) electrons. The van der Waals surface area contributed by atoms with Crippen LogP contribution in [0.3, 0.4) is 0 Å². The molecule has 0 fully saturated rings. The third-order valence-corrected chi connectivity index (χ3v) is 3.16. The molecule has 2 heteroatoms. The van der Waals surface area contributed by atoms with Crippen molar-refractivity contribution >= 4 is 0 Å². The lowest BCUT2D eigenvalue weighted by molar-refractivity contribution is 0.393. The molecule has 1 aromatic rings. The number of hydrogen-bond acceptors (Lipinski definition) is 2. The zero-order valence-electron chi connectivity index (χ0n) is 13.0. The molecule has 0 N–H and O–H groups in total. The van der Waals surface area contributed by atoms with Crippen LogP contribution < -0.4 is 9.47 Å². The van der Waals surface area contributed by atoms with Crippen molar-refractivity contribution in [3.8, 4) is 23.3 Å². The smallest absolute Gasteiger partial charge is 0.122 e. The maximum Gasteiger partial charge on any atom is 0.122 e. The van der Waals surface area contributed by atoms with Crippen LogP contribution in [-0.2, 0) is 6.42 Å². The Balaban J connectivity index is 2.55. The first kappa shape index (κ1) is 16.2. The van der Waals surface area contributed by atoms with Gasteiger partial charge in [-0.1, -0.05) is 11.6 Å². The first-order valence-electron chi connectivity index (χ1n) is 6.96. The third kappa shape index (κ3) is 5.84. The van der Waals surface area contributed by atoms with E-state index in [0.717, 1.165) is 37.2 Å². The molecule has 2 nitrogen and oxygen atoms in total. The lowest BCUT2D eigenvalue weighted by atomic mass is 10.1. The van der Waals surface area contributed by atoms with Crippen LogP contribution in [0.25, 0.3) is 0 Å². The predicted molar refractivity (Wildman–Crippen MR) is 84.3 cm³/mol. The van der Waals surface area contributed by atoms with Gasteiger partial charge in [0.1, 0.15) is 11.5 Å². The lowest BCUT2D eigenvalue weighted by Crippen LogP contribution is -1.91. The highest BCUT2D eigenvalue weighted by Crippen LogP contribution is 2.23. The second kappa shape index (κ2) is 9.09. The Morgan fingerprint density at radius 2 is 1.80 bits per heavy atom. The quantitative estimate of drug-likeness (QED) is 0.541. The summed E-state index contributed by atoms with van der Waals surface area (Å²) in [7, 11) is 3.36. The van der Waals surface area contributed by atoms with Crippen LogP contribution in [0, 0.1) is 11.8 Å². The van der Waals surface area contributed by atoms with Crippen molar-refractivity contribution in [2.45, 2.75) is 39.5 Å². The first-order valence-corrected chi connectivity index (χ1v) is 6.96. The van der Waals surface area contributed by atoms with Gasteiger partial charge in [0.15, 0.2) is 0 Å². The minimum atomic E-state index is 0.846. The molecule has 0 heterocycles. The molecule has 0 aromatic heterocycles. The molecule has 108 valence electrons. The summed E-state index contributed by atoms with van der Waals surface area (Å²) in [5.41, 5.74) is 2.64. The molecule has 0 unspecified atom stereocenters. The van der Waals surface area contributed by atoms with E-state index in [1.807, 2.05) is 13.0 Å². The van der Waals surface area contributed by atoms with Crippen molar-refractivity contribution in [3.63, 3.8) is 0 Å². The van der Waals surface area contributed by atoms with E-state index in [1.165, 1.54) is 11.1 Å². The van der Waals surface area contributed by atoms with Gasteiger partial charge in [-0.15, -0.1) is 11.8 Å². The summed E-state index contributed by atoms with van der Waals surface area (Å²) in [5.74, 6) is 7.71.